The number of hydrogen-bond donors (Lipinski definition) is 2. The molecule has 0 radical (unpaired) electrons. The summed E-state index contributed by atoms with van der Waals surface area (Å²) in [5.41, 5.74) is -0.178. The first-order valence-electron chi connectivity index (χ1n) is 5.50. The molecule has 0 amide bonds. The molecule has 0 fully saturated rings. The van der Waals surface area contributed by atoms with Crippen molar-refractivity contribution in [1.29, 1.82) is 0 Å². The summed E-state index contributed by atoms with van der Waals surface area (Å²) in [7, 11) is 0. The number of carboxylic acids is 1. The summed E-state index contributed by atoms with van der Waals surface area (Å²) < 4.78 is 37.1. The number of rotatable bonds is 3. The van der Waals surface area contributed by atoms with E-state index < -0.39 is 17.7 Å². The summed E-state index contributed by atoms with van der Waals surface area (Å²) in [5.74, 6) is -0.815. The molecular weight excluding hydrogens is 273 g/mol. The molecule has 0 aliphatic rings. The van der Waals surface area contributed by atoms with Crippen LogP contribution in [0.2, 0.25) is 0 Å². The first kappa shape index (κ1) is 13.9. The Kier molecular flexibility index (Phi) is 3.60. The maximum atomic E-state index is 12.4. The highest BCUT2D eigenvalue weighted by molar-refractivity contribution is 5.88. The van der Waals surface area contributed by atoms with Gasteiger partial charge in [-0.3, -0.25) is 0 Å². The fourth-order valence-corrected chi connectivity index (χ4v) is 1.48. The zero-order valence-electron chi connectivity index (χ0n) is 9.98. The molecule has 20 heavy (non-hydrogen) atoms. The second-order valence-electron chi connectivity index (χ2n) is 3.94. The van der Waals surface area contributed by atoms with E-state index in [1.807, 2.05) is 0 Å². The zero-order chi connectivity index (χ0) is 14.8. The fraction of sp³-hybridized carbons (Fsp3) is 0.0769. The van der Waals surface area contributed by atoms with Gasteiger partial charge < -0.3 is 10.4 Å². The summed E-state index contributed by atoms with van der Waals surface area (Å²) in [4.78, 5) is 14.3. The van der Waals surface area contributed by atoms with E-state index in [0.29, 0.717) is 5.69 Å². The Morgan fingerprint density at radius 3 is 2.20 bits per heavy atom. The van der Waals surface area contributed by atoms with Crippen molar-refractivity contribution < 1.29 is 23.1 Å². The molecule has 0 atom stereocenters. The predicted octanol–water partition coefficient (Wildman–Crippen LogP) is 3.54. The highest BCUT2D eigenvalue weighted by Crippen LogP contribution is 2.29. The summed E-state index contributed by atoms with van der Waals surface area (Å²) >= 11 is 0. The Hall–Kier alpha value is -2.57. The van der Waals surface area contributed by atoms with Gasteiger partial charge in [-0.05, 0) is 36.4 Å². The van der Waals surface area contributed by atoms with Crippen LogP contribution >= 0.6 is 0 Å². The monoisotopic (exact) mass is 282 g/mol. The second-order valence-corrected chi connectivity index (χ2v) is 3.94. The number of nitrogens with one attached hydrogen (secondary N) is 1. The third-order valence-electron chi connectivity index (χ3n) is 2.50. The molecule has 2 N–H and O–H groups in total. The normalized spacial score (nSPS) is 11.2. The van der Waals surface area contributed by atoms with Crippen LogP contribution in [0.5, 0.6) is 0 Å². The number of anilines is 2. The van der Waals surface area contributed by atoms with Crippen LogP contribution in [-0.4, -0.2) is 16.1 Å². The third-order valence-corrected chi connectivity index (χ3v) is 2.50. The Balaban J connectivity index is 2.12. The lowest BCUT2D eigenvalue weighted by atomic mass is 10.2. The summed E-state index contributed by atoms with van der Waals surface area (Å²) in [5, 5.41) is 11.5. The van der Waals surface area contributed by atoms with E-state index in [0.717, 1.165) is 12.3 Å². The van der Waals surface area contributed by atoms with Crippen LogP contribution in [-0.2, 0) is 6.18 Å². The lowest BCUT2D eigenvalue weighted by Gasteiger charge is -2.08. The molecule has 2 aromatic rings. The number of halogens is 3. The number of alkyl halides is 3. The van der Waals surface area contributed by atoms with Crippen molar-refractivity contribution in [2.75, 3.05) is 5.32 Å². The lowest BCUT2D eigenvalue weighted by Crippen LogP contribution is -2.05. The minimum atomic E-state index is -4.42. The van der Waals surface area contributed by atoms with E-state index in [9.17, 15) is 18.0 Å². The Labute approximate surface area is 111 Å². The minimum Gasteiger partial charge on any atom is -0.478 e. The van der Waals surface area contributed by atoms with Gasteiger partial charge in [-0.25, -0.2) is 9.78 Å². The van der Waals surface area contributed by atoms with Crippen molar-refractivity contribution in [2.24, 2.45) is 0 Å². The minimum absolute atomic E-state index is 0.121. The molecule has 0 unspecified atom stereocenters. The molecule has 0 spiro atoms. The van der Waals surface area contributed by atoms with Crippen molar-refractivity contribution >= 4 is 17.5 Å². The number of hydrogen-bond acceptors (Lipinski definition) is 3. The molecule has 0 aliphatic carbocycles. The number of carbonyl (C=O) groups is 1. The van der Waals surface area contributed by atoms with E-state index >= 15 is 0 Å². The molecule has 0 saturated carbocycles. The second kappa shape index (κ2) is 5.20. The number of carboxylic acid groups (broad SMARTS) is 1. The molecule has 1 aromatic carbocycles. The number of aromatic nitrogens is 1. The van der Waals surface area contributed by atoms with Gasteiger partial charge in [0.05, 0.1) is 11.1 Å². The summed E-state index contributed by atoms with van der Waals surface area (Å²) in [6.45, 7) is 0. The van der Waals surface area contributed by atoms with Gasteiger partial charge in [0.1, 0.15) is 5.82 Å². The van der Waals surface area contributed by atoms with Gasteiger partial charge in [-0.1, -0.05) is 0 Å². The SMILES string of the molecule is O=C(O)c1ccc(Nc2ccc(C(F)(F)F)cn2)cc1. The third kappa shape index (κ3) is 3.25. The van der Waals surface area contributed by atoms with Crippen molar-refractivity contribution in [2.45, 2.75) is 6.18 Å². The molecule has 0 saturated heterocycles. The Bertz CT molecular complexity index is 607. The zero-order valence-corrected chi connectivity index (χ0v) is 9.98. The molecule has 4 nitrogen and oxygen atoms in total. The molecule has 1 heterocycles. The maximum Gasteiger partial charge on any atom is 0.417 e. The van der Waals surface area contributed by atoms with Crippen molar-refractivity contribution in [3.63, 3.8) is 0 Å². The lowest BCUT2D eigenvalue weighted by molar-refractivity contribution is -0.137. The van der Waals surface area contributed by atoms with Crippen LogP contribution in [0.4, 0.5) is 24.7 Å². The van der Waals surface area contributed by atoms with Gasteiger partial charge in [0.15, 0.2) is 0 Å². The van der Waals surface area contributed by atoms with E-state index in [1.54, 1.807) is 0 Å². The predicted molar refractivity (Wildman–Crippen MR) is 65.9 cm³/mol. The molecule has 7 heteroatoms. The topological polar surface area (TPSA) is 62.2 Å². The molecule has 104 valence electrons. The van der Waals surface area contributed by atoms with Crippen molar-refractivity contribution in [1.82, 2.24) is 4.98 Å². The molecular formula is C13H9F3N2O2. The van der Waals surface area contributed by atoms with Crippen molar-refractivity contribution in [3.05, 3.63) is 53.7 Å². The van der Waals surface area contributed by atoms with Crippen LogP contribution < -0.4 is 5.32 Å². The largest absolute Gasteiger partial charge is 0.478 e. The first-order valence-corrected chi connectivity index (χ1v) is 5.50. The molecule has 2 rings (SSSR count). The van der Waals surface area contributed by atoms with E-state index in [1.165, 1.54) is 30.3 Å². The van der Waals surface area contributed by atoms with E-state index in [-0.39, 0.29) is 11.4 Å². The van der Waals surface area contributed by atoms with E-state index in [4.69, 9.17) is 5.11 Å². The number of nitrogens with zero attached hydrogens (tertiary/aromatic N) is 1. The van der Waals surface area contributed by atoms with Crippen LogP contribution in [0, 0.1) is 0 Å². The van der Waals surface area contributed by atoms with Crippen LogP contribution in [0.1, 0.15) is 15.9 Å². The van der Waals surface area contributed by atoms with Crippen LogP contribution in [0.3, 0.4) is 0 Å². The highest BCUT2D eigenvalue weighted by Gasteiger charge is 2.30. The summed E-state index contributed by atoms with van der Waals surface area (Å²) in [6.07, 6.45) is -3.69. The van der Waals surface area contributed by atoms with E-state index in [2.05, 4.69) is 10.3 Å². The maximum absolute atomic E-state index is 12.4. The average Bonchev–Trinajstić information content (AvgIpc) is 2.39. The molecule has 1 aromatic heterocycles. The molecule has 0 aliphatic heterocycles. The summed E-state index contributed by atoms with van der Waals surface area (Å²) in [6, 6.07) is 7.89. The first-order chi connectivity index (χ1) is 9.36. The van der Waals surface area contributed by atoms with Gasteiger partial charge in [0, 0.05) is 11.9 Å². The number of pyridine rings is 1. The van der Waals surface area contributed by atoms with Gasteiger partial charge in [0.2, 0.25) is 0 Å². The quantitative estimate of drug-likeness (QED) is 0.903. The standard InChI is InChI=1S/C13H9F3N2O2/c14-13(15,16)9-3-6-11(17-7-9)18-10-4-1-8(2-5-10)12(19)20/h1-7H,(H,17,18)(H,19,20). The molecule has 0 bridgehead atoms. The van der Waals surface area contributed by atoms with Crippen LogP contribution in [0.15, 0.2) is 42.6 Å². The van der Waals surface area contributed by atoms with Gasteiger partial charge in [0.25, 0.3) is 0 Å². The number of aromatic carboxylic acids is 1. The average molecular weight is 282 g/mol. The van der Waals surface area contributed by atoms with Gasteiger partial charge in [-0.15, -0.1) is 0 Å². The highest BCUT2D eigenvalue weighted by atomic mass is 19.4. The Morgan fingerprint density at radius 1 is 1.10 bits per heavy atom. The van der Waals surface area contributed by atoms with Crippen molar-refractivity contribution in [3.8, 4) is 0 Å². The number of benzene rings is 1. The smallest absolute Gasteiger partial charge is 0.417 e. The Morgan fingerprint density at radius 2 is 1.75 bits per heavy atom. The van der Waals surface area contributed by atoms with Crippen LogP contribution in [0.25, 0.3) is 0 Å². The van der Waals surface area contributed by atoms with Gasteiger partial charge >= 0.3 is 12.1 Å². The fourth-order valence-electron chi connectivity index (χ4n) is 1.48. The van der Waals surface area contributed by atoms with Gasteiger partial charge in [-0.2, -0.15) is 13.2 Å².